The molecule has 1 aromatic carbocycles. The third kappa shape index (κ3) is 2.41. The van der Waals surface area contributed by atoms with Crippen LogP contribution in [0.3, 0.4) is 0 Å². The molecule has 1 saturated carbocycles. The van der Waals surface area contributed by atoms with Crippen molar-refractivity contribution in [2.45, 2.75) is 44.6 Å². The van der Waals surface area contributed by atoms with E-state index in [1.165, 1.54) is 0 Å². The van der Waals surface area contributed by atoms with Gasteiger partial charge in [-0.3, -0.25) is 0 Å². The lowest BCUT2D eigenvalue weighted by Crippen LogP contribution is -2.11. The van der Waals surface area contributed by atoms with Crippen LogP contribution in [0, 0.1) is 0 Å². The number of rotatable bonds is 3. The van der Waals surface area contributed by atoms with Gasteiger partial charge in [0.1, 0.15) is 5.75 Å². The molecule has 2 rings (SSSR count). The van der Waals surface area contributed by atoms with Crippen LogP contribution in [-0.4, -0.2) is 15.8 Å². The highest BCUT2D eigenvalue weighted by molar-refractivity contribution is 9.10. The maximum Gasteiger partial charge on any atom is 0.119 e. The zero-order valence-corrected chi connectivity index (χ0v) is 11.2. The zero-order chi connectivity index (χ0) is 11.9. The van der Waals surface area contributed by atoms with Crippen molar-refractivity contribution in [1.29, 1.82) is 0 Å². The second-order valence-electron chi connectivity index (χ2n) is 5.06. The Morgan fingerprint density at radius 2 is 2.00 bits per heavy atom. The summed E-state index contributed by atoms with van der Waals surface area (Å²) in [5.74, 6) is 0.672. The van der Waals surface area contributed by atoms with Gasteiger partial charge in [-0.1, -0.05) is 29.8 Å². The lowest BCUT2D eigenvalue weighted by atomic mass is 9.98. The van der Waals surface area contributed by atoms with Crippen molar-refractivity contribution in [3.8, 4) is 5.75 Å². The van der Waals surface area contributed by atoms with Crippen molar-refractivity contribution in [2.24, 2.45) is 0 Å². The van der Waals surface area contributed by atoms with E-state index in [1.54, 1.807) is 6.07 Å². The van der Waals surface area contributed by atoms with Crippen LogP contribution in [0.5, 0.6) is 5.75 Å². The number of aromatic hydroxyl groups is 1. The predicted octanol–water partition coefficient (Wildman–Crippen LogP) is 3.35. The molecule has 2 N–H and O–H groups in total. The van der Waals surface area contributed by atoms with E-state index >= 15 is 0 Å². The third-order valence-corrected chi connectivity index (χ3v) is 3.85. The van der Waals surface area contributed by atoms with E-state index in [2.05, 4.69) is 29.8 Å². The van der Waals surface area contributed by atoms with Crippen LogP contribution in [0.1, 0.15) is 43.7 Å². The minimum atomic E-state index is -0.559. The highest BCUT2D eigenvalue weighted by Gasteiger charge is 2.40. The van der Waals surface area contributed by atoms with Gasteiger partial charge in [-0.25, -0.2) is 0 Å². The molecule has 88 valence electrons. The van der Waals surface area contributed by atoms with Gasteiger partial charge in [-0.15, -0.1) is 0 Å². The molecule has 0 amide bonds. The highest BCUT2D eigenvalue weighted by Crippen LogP contribution is 2.41. The molecule has 2 nitrogen and oxygen atoms in total. The first-order valence-electron chi connectivity index (χ1n) is 5.65. The van der Waals surface area contributed by atoms with Crippen molar-refractivity contribution < 1.29 is 10.2 Å². The fourth-order valence-corrected chi connectivity index (χ4v) is 2.73. The van der Waals surface area contributed by atoms with Gasteiger partial charge in [0.05, 0.1) is 5.60 Å². The molecule has 1 aliphatic rings. The lowest BCUT2D eigenvalue weighted by Gasteiger charge is -2.14. The van der Waals surface area contributed by atoms with Crippen molar-refractivity contribution in [1.82, 2.24) is 0 Å². The summed E-state index contributed by atoms with van der Waals surface area (Å²) in [6.07, 6.45) is 2.24. The molecule has 0 unspecified atom stereocenters. The second-order valence-corrected chi connectivity index (χ2v) is 5.91. The first kappa shape index (κ1) is 11.9. The van der Waals surface area contributed by atoms with E-state index in [4.69, 9.17) is 0 Å². The first-order chi connectivity index (χ1) is 7.41. The molecule has 0 atom stereocenters. The van der Waals surface area contributed by atoms with Crippen LogP contribution in [-0.2, 0) is 6.42 Å². The molecule has 0 radical (unpaired) electrons. The quantitative estimate of drug-likeness (QED) is 0.894. The third-order valence-electron chi connectivity index (χ3n) is 3.17. The predicted molar refractivity (Wildman–Crippen MR) is 67.8 cm³/mol. The Kier molecular flexibility index (Phi) is 3.01. The van der Waals surface area contributed by atoms with E-state index in [0.717, 1.165) is 28.4 Å². The van der Waals surface area contributed by atoms with Crippen LogP contribution < -0.4 is 0 Å². The summed E-state index contributed by atoms with van der Waals surface area (Å²) in [7, 11) is 0. The van der Waals surface area contributed by atoms with Gasteiger partial charge in [0.15, 0.2) is 0 Å². The second kappa shape index (κ2) is 4.04. The van der Waals surface area contributed by atoms with Gasteiger partial charge in [-0.2, -0.15) is 0 Å². The molecule has 1 aliphatic carbocycles. The van der Waals surface area contributed by atoms with Gasteiger partial charge >= 0.3 is 0 Å². The average Bonchev–Trinajstić information content (AvgIpc) is 2.89. The molecule has 16 heavy (non-hydrogen) atoms. The smallest absolute Gasteiger partial charge is 0.119 e. The molecular weight excluding hydrogens is 268 g/mol. The Hall–Kier alpha value is -0.540. The van der Waals surface area contributed by atoms with Crippen molar-refractivity contribution >= 4 is 15.9 Å². The number of benzene rings is 1. The molecule has 0 saturated heterocycles. The number of phenols is 1. The normalized spacial score (nSPS) is 17.8. The minimum absolute atomic E-state index is 0.298. The molecule has 3 heteroatoms. The van der Waals surface area contributed by atoms with Crippen LogP contribution in [0.15, 0.2) is 16.6 Å². The summed E-state index contributed by atoms with van der Waals surface area (Å²) in [6.45, 7) is 4.18. The number of aliphatic hydroxyl groups is 1. The maximum absolute atomic E-state index is 9.92. The van der Waals surface area contributed by atoms with Crippen molar-refractivity contribution in [3.63, 3.8) is 0 Å². The van der Waals surface area contributed by atoms with Gasteiger partial charge in [0.2, 0.25) is 0 Å². The fourth-order valence-electron chi connectivity index (χ4n) is 1.88. The Balaban J connectivity index is 2.30. The molecule has 0 bridgehead atoms. The molecule has 0 spiro atoms. The van der Waals surface area contributed by atoms with Crippen LogP contribution in [0.2, 0.25) is 0 Å². The van der Waals surface area contributed by atoms with E-state index in [1.807, 2.05) is 6.07 Å². The Morgan fingerprint density at radius 3 is 2.50 bits per heavy atom. The monoisotopic (exact) mass is 284 g/mol. The summed E-state index contributed by atoms with van der Waals surface area (Å²) >= 11 is 3.52. The summed E-state index contributed by atoms with van der Waals surface area (Å²) in [6, 6.07) is 3.73. The van der Waals surface area contributed by atoms with E-state index < -0.39 is 5.60 Å². The number of hydrogen-bond acceptors (Lipinski definition) is 2. The summed E-state index contributed by atoms with van der Waals surface area (Å²) < 4.78 is 1.01. The van der Waals surface area contributed by atoms with E-state index in [9.17, 15) is 10.2 Å². The summed E-state index contributed by atoms with van der Waals surface area (Å²) in [4.78, 5) is 0. The summed E-state index contributed by atoms with van der Waals surface area (Å²) in [5.41, 5.74) is 1.37. The van der Waals surface area contributed by atoms with Crippen molar-refractivity contribution in [2.75, 3.05) is 0 Å². The molecule has 0 aromatic heterocycles. The van der Waals surface area contributed by atoms with E-state index in [-0.39, 0.29) is 0 Å². The zero-order valence-electron chi connectivity index (χ0n) is 9.63. The molecule has 0 heterocycles. The Labute approximate surface area is 104 Å². The van der Waals surface area contributed by atoms with Crippen molar-refractivity contribution in [3.05, 3.63) is 27.7 Å². The maximum atomic E-state index is 9.92. The van der Waals surface area contributed by atoms with Gasteiger partial charge < -0.3 is 10.2 Å². The van der Waals surface area contributed by atoms with Crippen LogP contribution in [0.25, 0.3) is 0 Å². The van der Waals surface area contributed by atoms with Gasteiger partial charge in [0, 0.05) is 10.9 Å². The number of phenolic OH excluding ortho intramolecular Hbond substituents is 1. The van der Waals surface area contributed by atoms with Crippen LogP contribution >= 0.6 is 15.9 Å². The first-order valence-corrected chi connectivity index (χ1v) is 6.44. The Bertz CT molecular complexity index is 409. The largest absolute Gasteiger partial charge is 0.508 e. The standard InChI is InChI=1S/C13H17BrO2/c1-8(2)10-6-12(15)9(5-11(10)14)7-13(16)3-4-13/h5-6,8,15-16H,3-4,7H2,1-2H3. The molecule has 0 aliphatic heterocycles. The number of halogens is 1. The fraction of sp³-hybridized carbons (Fsp3) is 0.538. The summed E-state index contributed by atoms with van der Waals surface area (Å²) in [5, 5.41) is 19.8. The minimum Gasteiger partial charge on any atom is -0.508 e. The lowest BCUT2D eigenvalue weighted by molar-refractivity contribution is 0.150. The SMILES string of the molecule is CC(C)c1cc(O)c(CC2(O)CC2)cc1Br. The molecular formula is C13H17BrO2. The topological polar surface area (TPSA) is 40.5 Å². The van der Waals surface area contributed by atoms with E-state index in [0.29, 0.717) is 18.1 Å². The van der Waals surface area contributed by atoms with Crippen LogP contribution in [0.4, 0.5) is 0 Å². The molecule has 1 fully saturated rings. The highest BCUT2D eigenvalue weighted by atomic mass is 79.9. The number of hydrogen-bond donors (Lipinski definition) is 2. The van der Waals surface area contributed by atoms with Gasteiger partial charge in [0.25, 0.3) is 0 Å². The Morgan fingerprint density at radius 1 is 1.38 bits per heavy atom. The van der Waals surface area contributed by atoms with Gasteiger partial charge in [-0.05, 0) is 42.0 Å². The average molecular weight is 285 g/mol. The molecule has 1 aromatic rings.